The number of hydrogen-bond donors (Lipinski definition) is 2. The highest BCUT2D eigenvalue weighted by Crippen LogP contribution is 2.25. The molecule has 86 valence electrons. The van der Waals surface area contributed by atoms with E-state index < -0.39 is 0 Å². The predicted molar refractivity (Wildman–Crippen MR) is 70.0 cm³/mol. The molecule has 0 bridgehead atoms. The van der Waals surface area contributed by atoms with E-state index in [-0.39, 0.29) is 5.56 Å². The van der Waals surface area contributed by atoms with Crippen LogP contribution in [0.25, 0.3) is 16.3 Å². The van der Waals surface area contributed by atoms with Crippen LogP contribution in [0.1, 0.15) is 12.0 Å². The second-order valence-electron chi connectivity index (χ2n) is 4.26. The smallest absolute Gasteiger partial charge is 0.255 e. The van der Waals surface area contributed by atoms with E-state index in [0.717, 1.165) is 35.8 Å². The van der Waals surface area contributed by atoms with Crippen molar-refractivity contribution in [3.05, 3.63) is 52.5 Å². The molecule has 0 saturated heterocycles. The average Bonchev–Trinajstić information content (AvgIpc) is 2.41. The number of benzene rings is 1. The quantitative estimate of drug-likeness (QED) is 0.780. The van der Waals surface area contributed by atoms with Gasteiger partial charge >= 0.3 is 0 Å². The van der Waals surface area contributed by atoms with Crippen LogP contribution in [-0.2, 0) is 0 Å². The van der Waals surface area contributed by atoms with Crippen LogP contribution in [0, 0.1) is 0 Å². The first-order valence-corrected chi connectivity index (χ1v) is 5.87. The van der Waals surface area contributed by atoms with Gasteiger partial charge < -0.3 is 10.3 Å². The predicted octanol–water partition coefficient (Wildman–Crippen LogP) is 1.90. The molecule has 17 heavy (non-hydrogen) atoms. The fourth-order valence-corrected chi connectivity index (χ4v) is 2.34. The number of nitrogens with one attached hydrogen (secondary N) is 2. The van der Waals surface area contributed by atoms with E-state index >= 15 is 0 Å². The van der Waals surface area contributed by atoms with Crippen molar-refractivity contribution in [3.8, 4) is 0 Å². The van der Waals surface area contributed by atoms with Gasteiger partial charge in [-0.25, -0.2) is 0 Å². The highest BCUT2D eigenvalue weighted by Gasteiger charge is 2.10. The molecule has 1 aliphatic heterocycles. The fraction of sp³-hybridized carbons (Fsp3) is 0.214. The molecule has 0 atom stereocenters. The molecular formula is C14H14N2O. The molecule has 1 aromatic heterocycles. The van der Waals surface area contributed by atoms with E-state index in [4.69, 9.17) is 0 Å². The van der Waals surface area contributed by atoms with Gasteiger partial charge in [-0.3, -0.25) is 4.79 Å². The van der Waals surface area contributed by atoms with Gasteiger partial charge in [-0.1, -0.05) is 24.3 Å². The fourth-order valence-electron chi connectivity index (χ4n) is 2.34. The number of H-pyrrole nitrogens is 1. The van der Waals surface area contributed by atoms with Crippen LogP contribution in [0.4, 0.5) is 0 Å². The van der Waals surface area contributed by atoms with E-state index in [1.54, 1.807) is 0 Å². The van der Waals surface area contributed by atoms with E-state index in [1.807, 2.05) is 30.5 Å². The van der Waals surface area contributed by atoms with Gasteiger partial charge in [0.1, 0.15) is 0 Å². The second kappa shape index (κ2) is 4.18. The van der Waals surface area contributed by atoms with Crippen molar-refractivity contribution in [2.24, 2.45) is 0 Å². The molecule has 3 nitrogen and oxygen atoms in total. The Morgan fingerprint density at radius 3 is 2.71 bits per heavy atom. The molecule has 2 aromatic rings. The molecule has 2 heterocycles. The van der Waals surface area contributed by atoms with Crippen LogP contribution in [0.15, 0.2) is 41.3 Å². The molecule has 1 aromatic carbocycles. The summed E-state index contributed by atoms with van der Waals surface area (Å²) in [6.45, 7) is 1.90. The van der Waals surface area contributed by atoms with Crippen molar-refractivity contribution >= 4 is 16.3 Å². The maximum absolute atomic E-state index is 11.7. The van der Waals surface area contributed by atoms with Crippen molar-refractivity contribution in [3.63, 3.8) is 0 Å². The maximum atomic E-state index is 11.7. The Labute approximate surface area is 99.2 Å². The number of aromatic nitrogens is 1. The second-order valence-corrected chi connectivity index (χ2v) is 4.26. The minimum Gasteiger partial charge on any atom is -0.328 e. The molecule has 3 heteroatoms. The Balaban J connectivity index is 2.27. The molecule has 1 aliphatic rings. The molecule has 0 radical (unpaired) electrons. The van der Waals surface area contributed by atoms with Crippen molar-refractivity contribution < 1.29 is 0 Å². The summed E-state index contributed by atoms with van der Waals surface area (Å²) >= 11 is 0. The third-order valence-electron chi connectivity index (χ3n) is 3.22. The molecular weight excluding hydrogens is 212 g/mol. The number of fused-ring (bicyclic) bond motifs is 1. The summed E-state index contributed by atoms with van der Waals surface area (Å²) < 4.78 is 0. The number of pyridine rings is 1. The van der Waals surface area contributed by atoms with Gasteiger partial charge in [0, 0.05) is 23.7 Å². The molecule has 0 aliphatic carbocycles. The van der Waals surface area contributed by atoms with Crippen molar-refractivity contribution in [1.29, 1.82) is 0 Å². The summed E-state index contributed by atoms with van der Waals surface area (Å²) in [6.07, 6.45) is 5.04. The number of aromatic amines is 1. The van der Waals surface area contributed by atoms with Crippen LogP contribution in [0.5, 0.6) is 0 Å². The summed E-state index contributed by atoms with van der Waals surface area (Å²) in [5.41, 5.74) is 2.46. The molecule has 0 spiro atoms. The Hall–Kier alpha value is -1.87. The van der Waals surface area contributed by atoms with E-state index in [0.29, 0.717) is 0 Å². The molecule has 0 unspecified atom stereocenters. The van der Waals surface area contributed by atoms with Gasteiger partial charge in [-0.2, -0.15) is 0 Å². The van der Waals surface area contributed by atoms with Gasteiger partial charge in [0.05, 0.1) is 0 Å². The largest absolute Gasteiger partial charge is 0.328 e. The summed E-state index contributed by atoms with van der Waals surface area (Å²) in [4.78, 5) is 14.5. The SMILES string of the molecule is O=c1[nH]cc(C2=CCNCC2)c2ccccc12. The summed E-state index contributed by atoms with van der Waals surface area (Å²) in [7, 11) is 0. The van der Waals surface area contributed by atoms with E-state index in [9.17, 15) is 4.79 Å². The number of hydrogen-bond acceptors (Lipinski definition) is 2. The van der Waals surface area contributed by atoms with E-state index in [1.165, 1.54) is 5.57 Å². The Morgan fingerprint density at radius 2 is 1.94 bits per heavy atom. The van der Waals surface area contributed by atoms with Gasteiger partial charge in [0.2, 0.25) is 0 Å². The molecule has 3 rings (SSSR count). The van der Waals surface area contributed by atoms with Crippen molar-refractivity contribution in [2.75, 3.05) is 13.1 Å². The monoisotopic (exact) mass is 226 g/mol. The van der Waals surface area contributed by atoms with Gasteiger partial charge in [-0.15, -0.1) is 0 Å². The van der Waals surface area contributed by atoms with Crippen molar-refractivity contribution in [1.82, 2.24) is 10.3 Å². The minimum absolute atomic E-state index is 0.0149. The first-order chi connectivity index (χ1) is 8.36. The Morgan fingerprint density at radius 1 is 1.12 bits per heavy atom. The lowest BCUT2D eigenvalue weighted by Crippen LogP contribution is -2.20. The third-order valence-corrected chi connectivity index (χ3v) is 3.22. The van der Waals surface area contributed by atoms with Crippen LogP contribution in [0.2, 0.25) is 0 Å². The zero-order valence-electron chi connectivity index (χ0n) is 9.49. The molecule has 0 amide bonds. The van der Waals surface area contributed by atoms with E-state index in [2.05, 4.69) is 16.4 Å². The minimum atomic E-state index is -0.0149. The first kappa shape index (κ1) is 10.3. The van der Waals surface area contributed by atoms with Crippen LogP contribution in [-0.4, -0.2) is 18.1 Å². The van der Waals surface area contributed by atoms with Gasteiger partial charge in [0.15, 0.2) is 0 Å². The topological polar surface area (TPSA) is 44.9 Å². The van der Waals surface area contributed by atoms with Crippen molar-refractivity contribution in [2.45, 2.75) is 6.42 Å². The lowest BCUT2D eigenvalue weighted by atomic mass is 9.97. The summed E-state index contributed by atoms with van der Waals surface area (Å²) in [5.74, 6) is 0. The zero-order valence-corrected chi connectivity index (χ0v) is 9.49. The molecule has 2 N–H and O–H groups in total. The zero-order chi connectivity index (χ0) is 11.7. The first-order valence-electron chi connectivity index (χ1n) is 5.87. The standard InChI is InChI=1S/C14H14N2O/c17-14-12-4-2-1-3-11(12)13(9-16-14)10-5-7-15-8-6-10/h1-5,9,15H,6-8H2,(H,16,17). The highest BCUT2D eigenvalue weighted by molar-refractivity contribution is 5.93. The lowest BCUT2D eigenvalue weighted by molar-refractivity contribution is 0.739. The summed E-state index contributed by atoms with van der Waals surface area (Å²) in [5, 5.41) is 5.11. The lowest BCUT2D eigenvalue weighted by Gasteiger charge is -2.15. The van der Waals surface area contributed by atoms with Crippen LogP contribution < -0.4 is 10.9 Å². The molecule has 0 saturated carbocycles. The average molecular weight is 226 g/mol. The molecule has 0 fully saturated rings. The van der Waals surface area contributed by atoms with Gasteiger partial charge in [0.25, 0.3) is 5.56 Å². The van der Waals surface area contributed by atoms with Crippen LogP contribution >= 0.6 is 0 Å². The Kier molecular flexibility index (Phi) is 2.53. The van der Waals surface area contributed by atoms with Crippen LogP contribution in [0.3, 0.4) is 0 Å². The summed E-state index contributed by atoms with van der Waals surface area (Å²) in [6, 6.07) is 7.77. The number of rotatable bonds is 1. The highest BCUT2D eigenvalue weighted by atomic mass is 16.1. The third kappa shape index (κ3) is 1.78. The Bertz CT molecular complexity index is 640. The van der Waals surface area contributed by atoms with Gasteiger partial charge in [-0.05, 0) is 30.0 Å². The maximum Gasteiger partial charge on any atom is 0.255 e. The normalized spacial score (nSPS) is 15.9.